The van der Waals surface area contributed by atoms with Crippen LogP contribution in [0.2, 0.25) is 0 Å². The van der Waals surface area contributed by atoms with Gasteiger partial charge in [-0.15, -0.1) is 0 Å². The fourth-order valence-corrected chi connectivity index (χ4v) is 1.22. The van der Waals surface area contributed by atoms with E-state index in [-0.39, 0.29) is 11.2 Å². The zero-order valence-electron chi connectivity index (χ0n) is 6.55. The summed E-state index contributed by atoms with van der Waals surface area (Å²) >= 11 is 0. The van der Waals surface area contributed by atoms with Crippen molar-refractivity contribution in [3.05, 3.63) is 0 Å². The van der Waals surface area contributed by atoms with E-state index in [9.17, 15) is 9.90 Å². The molecule has 1 unspecified atom stereocenters. The van der Waals surface area contributed by atoms with Crippen LogP contribution in [0.15, 0.2) is 0 Å². The fourth-order valence-electron chi connectivity index (χ4n) is 1.22. The summed E-state index contributed by atoms with van der Waals surface area (Å²) in [4.78, 5) is 10.8. The molecule has 58 valence electrons. The van der Waals surface area contributed by atoms with Gasteiger partial charge >= 0.3 is 0 Å². The van der Waals surface area contributed by atoms with E-state index in [0.29, 0.717) is 12.8 Å². The lowest BCUT2D eigenvalue weighted by Crippen LogP contribution is -2.36. The van der Waals surface area contributed by atoms with Crippen molar-refractivity contribution in [3.63, 3.8) is 0 Å². The number of ketones is 1. The maximum absolute atomic E-state index is 10.8. The maximum Gasteiger partial charge on any atom is 0.135 e. The van der Waals surface area contributed by atoms with Crippen LogP contribution in [0.4, 0.5) is 0 Å². The summed E-state index contributed by atoms with van der Waals surface area (Å²) in [6.07, 6.45) is 1.40. The Morgan fingerprint density at radius 2 is 2.20 bits per heavy atom. The lowest BCUT2D eigenvalue weighted by molar-refractivity contribution is -0.127. The number of hydrogen-bond donors (Lipinski definition) is 1. The van der Waals surface area contributed by atoms with Crippen molar-refractivity contribution in [1.82, 2.24) is 0 Å². The normalized spacial score (nSPS) is 32.3. The molecule has 0 heterocycles. The van der Waals surface area contributed by atoms with Crippen molar-refractivity contribution in [2.75, 3.05) is 0 Å². The first kappa shape index (κ1) is 7.73. The van der Waals surface area contributed by atoms with Crippen molar-refractivity contribution in [1.29, 1.82) is 0 Å². The molecule has 0 spiro atoms. The minimum absolute atomic E-state index is 0.0477. The average molecular weight is 142 g/mol. The molecule has 2 nitrogen and oxygen atoms in total. The standard InChI is InChI=1S/C8H14O2/c1-8(2)4-3-6(9)5-7(8)10/h7,10H,3-5H2,1-2H3. The molecule has 0 aromatic rings. The Morgan fingerprint density at radius 1 is 1.60 bits per heavy atom. The highest BCUT2D eigenvalue weighted by atomic mass is 16.3. The van der Waals surface area contributed by atoms with E-state index in [1.807, 2.05) is 13.8 Å². The van der Waals surface area contributed by atoms with Crippen LogP contribution in [0.1, 0.15) is 33.1 Å². The zero-order valence-corrected chi connectivity index (χ0v) is 6.55. The topological polar surface area (TPSA) is 37.3 Å². The minimum Gasteiger partial charge on any atom is -0.392 e. The molecule has 0 bridgehead atoms. The van der Waals surface area contributed by atoms with Gasteiger partial charge in [-0.3, -0.25) is 4.79 Å². The molecule has 1 aliphatic carbocycles. The monoisotopic (exact) mass is 142 g/mol. The Morgan fingerprint density at radius 3 is 2.60 bits per heavy atom. The van der Waals surface area contributed by atoms with Gasteiger partial charge in [-0.05, 0) is 11.8 Å². The molecular weight excluding hydrogens is 128 g/mol. The zero-order chi connectivity index (χ0) is 7.78. The van der Waals surface area contributed by atoms with Gasteiger partial charge in [0.05, 0.1) is 6.10 Å². The Bertz CT molecular complexity index is 149. The molecule has 1 saturated carbocycles. The second kappa shape index (κ2) is 2.35. The lowest BCUT2D eigenvalue weighted by atomic mass is 9.75. The van der Waals surface area contributed by atoms with Crippen LogP contribution in [0.3, 0.4) is 0 Å². The molecule has 0 aromatic carbocycles. The first-order valence-corrected chi connectivity index (χ1v) is 3.72. The number of carbonyl (C=O) groups is 1. The molecule has 0 aromatic heterocycles. The molecule has 1 fully saturated rings. The fraction of sp³-hybridized carbons (Fsp3) is 0.875. The molecule has 2 heteroatoms. The third kappa shape index (κ3) is 1.37. The first-order valence-electron chi connectivity index (χ1n) is 3.72. The molecule has 10 heavy (non-hydrogen) atoms. The van der Waals surface area contributed by atoms with Crippen molar-refractivity contribution in [2.45, 2.75) is 39.2 Å². The van der Waals surface area contributed by atoms with Gasteiger partial charge in [0.1, 0.15) is 5.78 Å². The van der Waals surface area contributed by atoms with Crippen LogP contribution >= 0.6 is 0 Å². The van der Waals surface area contributed by atoms with Crippen LogP contribution in [0, 0.1) is 5.41 Å². The predicted octanol–water partition coefficient (Wildman–Crippen LogP) is 1.13. The van der Waals surface area contributed by atoms with Crippen LogP contribution in [0.25, 0.3) is 0 Å². The summed E-state index contributed by atoms with van der Waals surface area (Å²) in [5.41, 5.74) is -0.0477. The Kier molecular flexibility index (Phi) is 1.82. The van der Waals surface area contributed by atoms with Crippen LogP contribution in [-0.2, 0) is 4.79 Å². The molecule has 1 N–H and O–H groups in total. The second-order valence-electron chi connectivity index (χ2n) is 3.75. The van der Waals surface area contributed by atoms with E-state index >= 15 is 0 Å². The highest BCUT2D eigenvalue weighted by Crippen LogP contribution is 2.33. The summed E-state index contributed by atoms with van der Waals surface area (Å²) in [5, 5.41) is 9.39. The second-order valence-corrected chi connectivity index (χ2v) is 3.75. The number of carbonyl (C=O) groups excluding carboxylic acids is 1. The largest absolute Gasteiger partial charge is 0.392 e. The molecule has 1 atom stereocenters. The van der Waals surface area contributed by atoms with Crippen LogP contribution in [0.5, 0.6) is 0 Å². The summed E-state index contributed by atoms with van der Waals surface area (Å²) < 4.78 is 0. The highest BCUT2D eigenvalue weighted by molar-refractivity contribution is 5.79. The minimum atomic E-state index is -0.422. The van der Waals surface area contributed by atoms with Gasteiger partial charge in [-0.1, -0.05) is 13.8 Å². The van der Waals surface area contributed by atoms with Crippen molar-refractivity contribution in [2.24, 2.45) is 5.41 Å². The van der Waals surface area contributed by atoms with Crippen LogP contribution < -0.4 is 0 Å². The first-order chi connectivity index (χ1) is 4.52. The molecule has 0 saturated heterocycles. The summed E-state index contributed by atoms with van der Waals surface area (Å²) in [6.45, 7) is 4.01. The highest BCUT2D eigenvalue weighted by Gasteiger charge is 2.33. The summed E-state index contributed by atoms with van der Waals surface area (Å²) in [7, 11) is 0. The smallest absolute Gasteiger partial charge is 0.135 e. The molecule has 1 aliphatic rings. The van der Waals surface area contributed by atoms with Gasteiger partial charge in [0.25, 0.3) is 0 Å². The SMILES string of the molecule is CC1(C)CCC(=O)CC1O. The number of aliphatic hydroxyl groups excluding tert-OH is 1. The van der Waals surface area contributed by atoms with Gasteiger partial charge < -0.3 is 5.11 Å². The van der Waals surface area contributed by atoms with Gasteiger partial charge in [-0.25, -0.2) is 0 Å². The summed E-state index contributed by atoms with van der Waals surface area (Å²) in [6, 6.07) is 0. The number of Topliss-reactive ketones (excluding diaryl/α,β-unsaturated/α-hetero) is 1. The van der Waals surface area contributed by atoms with Crippen LogP contribution in [-0.4, -0.2) is 17.0 Å². The average Bonchev–Trinajstić information content (AvgIpc) is 1.81. The molecular formula is C8H14O2. The van der Waals surface area contributed by atoms with Gasteiger partial charge in [0, 0.05) is 12.8 Å². The number of hydrogen-bond acceptors (Lipinski definition) is 2. The molecule has 0 radical (unpaired) electrons. The quantitative estimate of drug-likeness (QED) is 0.550. The molecule has 0 amide bonds. The third-order valence-corrected chi connectivity index (χ3v) is 2.37. The van der Waals surface area contributed by atoms with Crippen molar-refractivity contribution in [3.8, 4) is 0 Å². The Labute approximate surface area is 61.2 Å². The Balaban J connectivity index is 2.60. The van der Waals surface area contributed by atoms with Gasteiger partial charge in [0.15, 0.2) is 0 Å². The number of aliphatic hydroxyl groups is 1. The van der Waals surface area contributed by atoms with E-state index in [1.165, 1.54) is 0 Å². The number of rotatable bonds is 0. The lowest BCUT2D eigenvalue weighted by Gasteiger charge is -2.33. The van der Waals surface area contributed by atoms with Gasteiger partial charge in [0.2, 0.25) is 0 Å². The Hall–Kier alpha value is -0.370. The molecule has 1 rings (SSSR count). The van der Waals surface area contributed by atoms with E-state index in [1.54, 1.807) is 0 Å². The van der Waals surface area contributed by atoms with Crippen molar-refractivity contribution < 1.29 is 9.90 Å². The van der Waals surface area contributed by atoms with E-state index < -0.39 is 6.10 Å². The third-order valence-electron chi connectivity index (χ3n) is 2.37. The van der Waals surface area contributed by atoms with E-state index in [2.05, 4.69) is 0 Å². The molecule has 0 aliphatic heterocycles. The summed E-state index contributed by atoms with van der Waals surface area (Å²) in [5.74, 6) is 0.201. The van der Waals surface area contributed by atoms with E-state index in [0.717, 1.165) is 6.42 Å². The van der Waals surface area contributed by atoms with Crippen molar-refractivity contribution >= 4 is 5.78 Å². The van der Waals surface area contributed by atoms with Gasteiger partial charge in [-0.2, -0.15) is 0 Å². The maximum atomic E-state index is 10.8. The van der Waals surface area contributed by atoms with E-state index in [4.69, 9.17) is 0 Å². The predicted molar refractivity (Wildman–Crippen MR) is 38.6 cm³/mol.